The van der Waals surface area contributed by atoms with Gasteiger partial charge in [-0.3, -0.25) is 0 Å². The number of sulfonamides is 1. The molecule has 1 heterocycles. The molecule has 1 aromatic heterocycles. The Kier molecular flexibility index (Phi) is 5.21. The lowest BCUT2D eigenvalue weighted by Crippen LogP contribution is -2.26. The van der Waals surface area contributed by atoms with E-state index >= 15 is 0 Å². The van der Waals surface area contributed by atoms with Crippen molar-refractivity contribution in [2.75, 3.05) is 12.9 Å². The second-order valence-electron chi connectivity index (χ2n) is 4.48. The van der Waals surface area contributed by atoms with Crippen molar-refractivity contribution in [3.63, 3.8) is 0 Å². The van der Waals surface area contributed by atoms with Gasteiger partial charge >= 0.3 is 0 Å². The fourth-order valence-corrected chi connectivity index (χ4v) is 3.88. The van der Waals surface area contributed by atoms with Crippen LogP contribution >= 0.6 is 22.9 Å². The molecule has 20 heavy (non-hydrogen) atoms. The molecule has 0 atom stereocenters. The van der Waals surface area contributed by atoms with Gasteiger partial charge in [-0.15, -0.1) is 11.6 Å². The lowest BCUT2D eigenvalue weighted by Gasteiger charge is -2.16. The lowest BCUT2D eigenvalue weighted by molar-refractivity contribution is 0.467. The van der Waals surface area contributed by atoms with Crippen LogP contribution in [0.4, 0.5) is 0 Å². The van der Waals surface area contributed by atoms with Gasteiger partial charge in [0, 0.05) is 19.5 Å². The number of alkyl halides is 1. The number of aryl methyl sites for hydroxylation is 1. The van der Waals surface area contributed by atoms with Crippen LogP contribution in [-0.2, 0) is 23.0 Å². The van der Waals surface area contributed by atoms with Crippen LogP contribution in [0.2, 0.25) is 0 Å². The average Bonchev–Trinajstić information content (AvgIpc) is 2.92. The van der Waals surface area contributed by atoms with Crippen molar-refractivity contribution in [1.29, 1.82) is 0 Å². The number of thiophene rings is 1. The predicted octanol–water partition coefficient (Wildman–Crippen LogP) is 3.35. The largest absolute Gasteiger partial charge is 0.243 e. The average molecular weight is 330 g/mol. The highest BCUT2D eigenvalue weighted by molar-refractivity contribution is 7.89. The number of hydrogen-bond donors (Lipinski definition) is 0. The van der Waals surface area contributed by atoms with E-state index in [9.17, 15) is 8.42 Å². The summed E-state index contributed by atoms with van der Waals surface area (Å²) in [5, 5.41) is 3.90. The SMILES string of the molecule is CN(Cc1ccsc1)S(=O)(=O)c1ccc(CCCl)cc1. The van der Waals surface area contributed by atoms with Gasteiger partial charge in [0.2, 0.25) is 10.0 Å². The molecule has 3 nitrogen and oxygen atoms in total. The third-order valence-electron chi connectivity index (χ3n) is 3.00. The molecule has 0 aliphatic rings. The molecular formula is C14H16ClNO2S2. The van der Waals surface area contributed by atoms with Crippen LogP contribution in [0.15, 0.2) is 46.0 Å². The molecule has 0 unspecified atom stereocenters. The molecule has 108 valence electrons. The van der Waals surface area contributed by atoms with Gasteiger partial charge in [-0.25, -0.2) is 8.42 Å². The summed E-state index contributed by atoms with van der Waals surface area (Å²) in [6, 6.07) is 8.84. The highest BCUT2D eigenvalue weighted by Crippen LogP contribution is 2.18. The molecule has 1 aromatic carbocycles. The van der Waals surface area contributed by atoms with E-state index in [4.69, 9.17) is 11.6 Å². The molecule has 0 fully saturated rings. The molecule has 0 spiro atoms. The van der Waals surface area contributed by atoms with Crippen molar-refractivity contribution < 1.29 is 8.42 Å². The predicted molar refractivity (Wildman–Crippen MR) is 83.8 cm³/mol. The summed E-state index contributed by atoms with van der Waals surface area (Å²) in [7, 11) is -1.84. The molecule has 6 heteroatoms. The Morgan fingerprint density at radius 3 is 2.40 bits per heavy atom. The van der Waals surface area contributed by atoms with Gasteiger partial charge in [-0.1, -0.05) is 12.1 Å². The van der Waals surface area contributed by atoms with E-state index in [1.165, 1.54) is 4.31 Å². The number of halogens is 1. The van der Waals surface area contributed by atoms with E-state index in [2.05, 4.69) is 0 Å². The molecule has 0 aliphatic carbocycles. The Morgan fingerprint density at radius 2 is 1.85 bits per heavy atom. The third-order valence-corrected chi connectivity index (χ3v) is 5.74. The number of benzene rings is 1. The van der Waals surface area contributed by atoms with Crippen molar-refractivity contribution in [2.24, 2.45) is 0 Å². The standard InChI is InChI=1S/C14H16ClNO2S2/c1-16(10-13-7-9-19-11-13)20(17,18)14-4-2-12(3-5-14)6-8-15/h2-5,7,9,11H,6,8,10H2,1H3. The van der Waals surface area contributed by atoms with Gasteiger partial charge in [-0.2, -0.15) is 15.6 Å². The minimum absolute atomic E-state index is 0.313. The van der Waals surface area contributed by atoms with Crippen LogP contribution in [0, 0.1) is 0 Å². The number of rotatable bonds is 6. The molecule has 0 saturated carbocycles. The van der Waals surface area contributed by atoms with Gasteiger partial charge in [-0.05, 0) is 46.5 Å². The molecule has 0 bridgehead atoms. The number of nitrogens with zero attached hydrogens (tertiary/aromatic N) is 1. The quantitative estimate of drug-likeness (QED) is 0.762. The molecule has 0 radical (unpaired) electrons. The molecule has 0 amide bonds. The molecule has 0 saturated heterocycles. The number of hydrogen-bond acceptors (Lipinski definition) is 3. The van der Waals surface area contributed by atoms with Gasteiger partial charge in [0.1, 0.15) is 0 Å². The van der Waals surface area contributed by atoms with Gasteiger partial charge < -0.3 is 0 Å². The smallest absolute Gasteiger partial charge is 0.207 e. The van der Waals surface area contributed by atoms with Crippen LogP contribution in [0.25, 0.3) is 0 Å². The van der Waals surface area contributed by atoms with E-state index in [0.29, 0.717) is 17.3 Å². The second-order valence-corrected chi connectivity index (χ2v) is 7.68. The van der Waals surface area contributed by atoms with E-state index < -0.39 is 10.0 Å². The van der Waals surface area contributed by atoms with Crippen LogP contribution in [-0.4, -0.2) is 25.7 Å². The highest BCUT2D eigenvalue weighted by atomic mass is 35.5. The first-order valence-corrected chi connectivity index (χ1v) is 9.08. The Hall–Kier alpha value is -0.880. The Bertz CT molecular complexity index is 636. The van der Waals surface area contributed by atoms with E-state index in [0.717, 1.165) is 17.5 Å². The van der Waals surface area contributed by atoms with Crippen LogP contribution in [0.3, 0.4) is 0 Å². The van der Waals surface area contributed by atoms with Crippen LogP contribution in [0.5, 0.6) is 0 Å². The van der Waals surface area contributed by atoms with Crippen molar-refractivity contribution in [3.05, 3.63) is 52.2 Å². The summed E-state index contributed by atoms with van der Waals surface area (Å²) >= 11 is 7.23. The summed E-state index contributed by atoms with van der Waals surface area (Å²) in [4.78, 5) is 0.313. The highest BCUT2D eigenvalue weighted by Gasteiger charge is 2.20. The summed E-state index contributed by atoms with van der Waals surface area (Å²) in [5.74, 6) is 0.532. The third kappa shape index (κ3) is 3.61. The monoisotopic (exact) mass is 329 g/mol. The maximum Gasteiger partial charge on any atom is 0.243 e. The van der Waals surface area contributed by atoms with Crippen molar-refractivity contribution in [1.82, 2.24) is 4.31 Å². The Balaban J connectivity index is 2.16. The maximum atomic E-state index is 12.4. The van der Waals surface area contributed by atoms with Crippen molar-refractivity contribution >= 4 is 33.0 Å². The molecule has 2 rings (SSSR count). The van der Waals surface area contributed by atoms with Gasteiger partial charge in [0.25, 0.3) is 0 Å². The summed E-state index contributed by atoms with van der Waals surface area (Å²) in [6.45, 7) is 0.384. The first kappa shape index (κ1) is 15.5. The lowest BCUT2D eigenvalue weighted by atomic mass is 10.2. The zero-order valence-electron chi connectivity index (χ0n) is 11.1. The molecule has 2 aromatic rings. The topological polar surface area (TPSA) is 37.4 Å². The normalized spacial score (nSPS) is 11.9. The minimum atomic E-state index is -3.44. The fraction of sp³-hybridized carbons (Fsp3) is 0.286. The van der Waals surface area contributed by atoms with E-state index in [1.54, 1.807) is 30.5 Å². The maximum absolute atomic E-state index is 12.4. The van der Waals surface area contributed by atoms with Crippen molar-refractivity contribution in [3.8, 4) is 0 Å². The molecule has 0 aliphatic heterocycles. The Labute approximate surface area is 128 Å². The van der Waals surface area contributed by atoms with Crippen molar-refractivity contribution in [2.45, 2.75) is 17.9 Å². The first-order valence-electron chi connectivity index (χ1n) is 6.16. The van der Waals surface area contributed by atoms with Gasteiger partial charge in [0.05, 0.1) is 4.90 Å². The van der Waals surface area contributed by atoms with Crippen LogP contribution in [0.1, 0.15) is 11.1 Å². The van der Waals surface area contributed by atoms with E-state index in [1.807, 2.05) is 29.0 Å². The zero-order chi connectivity index (χ0) is 14.6. The Morgan fingerprint density at radius 1 is 1.15 bits per heavy atom. The molecule has 0 N–H and O–H groups in total. The summed E-state index contributed by atoms with van der Waals surface area (Å²) < 4.78 is 26.2. The van der Waals surface area contributed by atoms with Gasteiger partial charge in [0.15, 0.2) is 0 Å². The fourth-order valence-electron chi connectivity index (χ4n) is 1.84. The minimum Gasteiger partial charge on any atom is -0.207 e. The van der Waals surface area contributed by atoms with E-state index in [-0.39, 0.29) is 0 Å². The van der Waals surface area contributed by atoms with Crippen LogP contribution < -0.4 is 0 Å². The zero-order valence-corrected chi connectivity index (χ0v) is 13.5. The second kappa shape index (κ2) is 6.72. The first-order chi connectivity index (χ1) is 9.54. The summed E-state index contributed by atoms with van der Waals surface area (Å²) in [6.07, 6.45) is 0.743. The summed E-state index contributed by atoms with van der Waals surface area (Å²) in [5.41, 5.74) is 2.04. The molecular weight excluding hydrogens is 314 g/mol.